The fourth-order valence-corrected chi connectivity index (χ4v) is 1.37. The van der Waals surface area contributed by atoms with Crippen molar-refractivity contribution in [3.63, 3.8) is 0 Å². The quantitative estimate of drug-likeness (QED) is 0.630. The van der Waals surface area contributed by atoms with Crippen LogP contribution in [0.2, 0.25) is 0 Å². The molecule has 0 spiro atoms. The fourth-order valence-electron chi connectivity index (χ4n) is 1.03. The van der Waals surface area contributed by atoms with E-state index in [1.54, 1.807) is 18.3 Å². The molecule has 0 saturated heterocycles. The molecule has 0 aromatic carbocycles. The SMILES string of the molecule is O=S([O-])c1cnc2cccnc2c1. The third-order valence-corrected chi connectivity index (χ3v) is 2.23. The molecule has 2 heterocycles. The van der Waals surface area contributed by atoms with Gasteiger partial charge in [0.05, 0.1) is 11.0 Å². The fraction of sp³-hybridized carbons (Fsp3) is 0. The Labute approximate surface area is 76.9 Å². The molecule has 2 aromatic rings. The van der Waals surface area contributed by atoms with Gasteiger partial charge in [-0.3, -0.25) is 14.2 Å². The predicted octanol–water partition coefficient (Wildman–Crippen LogP) is 0.868. The molecule has 2 rings (SSSR count). The highest BCUT2D eigenvalue weighted by Gasteiger charge is 1.97. The maximum atomic E-state index is 10.6. The summed E-state index contributed by atoms with van der Waals surface area (Å²) in [5, 5.41) is 0. The standard InChI is InChI=1S/C8H6N2O2S/c11-13(12)6-4-8-7(10-5-6)2-1-3-9-8/h1-5H,(H,11,12)/p-1. The normalized spacial score (nSPS) is 13.0. The van der Waals surface area contributed by atoms with Gasteiger partial charge in [-0.15, -0.1) is 0 Å². The Balaban J connectivity index is 2.69. The molecule has 1 atom stereocenters. The Morgan fingerprint density at radius 2 is 2.15 bits per heavy atom. The van der Waals surface area contributed by atoms with Gasteiger partial charge in [-0.2, -0.15) is 0 Å². The van der Waals surface area contributed by atoms with Crippen LogP contribution in [0.25, 0.3) is 11.0 Å². The first-order valence-electron chi connectivity index (χ1n) is 3.57. The second kappa shape index (κ2) is 3.20. The first-order valence-corrected chi connectivity index (χ1v) is 4.65. The lowest BCUT2D eigenvalue weighted by atomic mass is 10.3. The molecule has 66 valence electrons. The van der Waals surface area contributed by atoms with E-state index in [-0.39, 0.29) is 4.90 Å². The van der Waals surface area contributed by atoms with Crippen molar-refractivity contribution in [2.75, 3.05) is 0 Å². The summed E-state index contributed by atoms with van der Waals surface area (Å²) in [5.41, 5.74) is 1.28. The summed E-state index contributed by atoms with van der Waals surface area (Å²) in [6.45, 7) is 0. The Kier molecular flexibility index (Phi) is 2.03. The molecule has 0 aliphatic heterocycles. The van der Waals surface area contributed by atoms with Crippen LogP contribution in [-0.2, 0) is 11.1 Å². The Morgan fingerprint density at radius 3 is 2.92 bits per heavy atom. The minimum Gasteiger partial charge on any atom is -0.768 e. The van der Waals surface area contributed by atoms with E-state index < -0.39 is 11.1 Å². The molecule has 0 saturated carbocycles. The Morgan fingerprint density at radius 1 is 1.31 bits per heavy atom. The molecule has 4 nitrogen and oxygen atoms in total. The highest BCUT2D eigenvalue weighted by Crippen LogP contribution is 2.11. The van der Waals surface area contributed by atoms with E-state index in [0.717, 1.165) is 0 Å². The van der Waals surface area contributed by atoms with Gasteiger partial charge in [0.1, 0.15) is 0 Å². The van der Waals surface area contributed by atoms with Gasteiger partial charge in [-0.1, -0.05) is 0 Å². The molecule has 2 aromatic heterocycles. The Hall–Kier alpha value is -1.33. The lowest BCUT2D eigenvalue weighted by Crippen LogP contribution is -1.91. The van der Waals surface area contributed by atoms with E-state index >= 15 is 0 Å². The van der Waals surface area contributed by atoms with Crippen molar-refractivity contribution in [2.45, 2.75) is 4.90 Å². The van der Waals surface area contributed by atoms with Gasteiger partial charge in [0.2, 0.25) is 0 Å². The summed E-state index contributed by atoms with van der Waals surface area (Å²) < 4.78 is 21.2. The number of nitrogens with zero attached hydrogens (tertiary/aromatic N) is 2. The lowest BCUT2D eigenvalue weighted by molar-refractivity contribution is 0.537. The van der Waals surface area contributed by atoms with Crippen molar-refractivity contribution < 1.29 is 8.76 Å². The van der Waals surface area contributed by atoms with Crippen LogP contribution in [0, 0.1) is 0 Å². The largest absolute Gasteiger partial charge is 0.768 e. The summed E-state index contributed by atoms with van der Waals surface area (Å²) in [7, 11) is 0. The maximum absolute atomic E-state index is 10.6. The third-order valence-electron chi connectivity index (χ3n) is 1.62. The molecule has 5 heteroatoms. The van der Waals surface area contributed by atoms with Gasteiger partial charge in [0.25, 0.3) is 0 Å². The topological polar surface area (TPSA) is 65.9 Å². The molecule has 0 bridgehead atoms. The van der Waals surface area contributed by atoms with Crippen LogP contribution in [-0.4, -0.2) is 18.7 Å². The van der Waals surface area contributed by atoms with Gasteiger partial charge in [-0.05, 0) is 29.3 Å². The molecule has 1 unspecified atom stereocenters. The van der Waals surface area contributed by atoms with Crippen LogP contribution < -0.4 is 0 Å². The van der Waals surface area contributed by atoms with Gasteiger partial charge in [0.15, 0.2) is 0 Å². The molecule has 0 fully saturated rings. The minimum absolute atomic E-state index is 0.159. The summed E-state index contributed by atoms with van der Waals surface area (Å²) in [5.74, 6) is 0. The van der Waals surface area contributed by atoms with Crippen LogP contribution in [0.15, 0.2) is 35.5 Å². The van der Waals surface area contributed by atoms with E-state index in [4.69, 9.17) is 0 Å². The highest BCUT2D eigenvalue weighted by atomic mass is 32.2. The van der Waals surface area contributed by atoms with Crippen LogP contribution >= 0.6 is 0 Å². The monoisotopic (exact) mass is 193 g/mol. The third kappa shape index (κ3) is 1.56. The van der Waals surface area contributed by atoms with E-state index in [0.29, 0.717) is 11.0 Å². The number of aromatic nitrogens is 2. The molecule has 13 heavy (non-hydrogen) atoms. The Bertz CT molecular complexity index is 472. The molecule has 0 amide bonds. The number of hydrogen-bond donors (Lipinski definition) is 0. The minimum atomic E-state index is -2.24. The van der Waals surface area contributed by atoms with E-state index in [2.05, 4.69) is 9.97 Å². The van der Waals surface area contributed by atoms with Crippen LogP contribution in [0.5, 0.6) is 0 Å². The molecule has 0 aliphatic carbocycles. The number of pyridine rings is 2. The first-order chi connectivity index (χ1) is 6.27. The predicted molar refractivity (Wildman–Crippen MR) is 46.7 cm³/mol. The van der Waals surface area contributed by atoms with Crippen LogP contribution in [0.1, 0.15) is 0 Å². The van der Waals surface area contributed by atoms with Crippen molar-refractivity contribution in [3.8, 4) is 0 Å². The van der Waals surface area contributed by atoms with Crippen LogP contribution in [0.3, 0.4) is 0 Å². The summed E-state index contributed by atoms with van der Waals surface area (Å²) >= 11 is -2.24. The second-order valence-electron chi connectivity index (χ2n) is 2.45. The van der Waals surface area contributed by atoms with Crippen molar-refractivity contribution in [1.29, 1.82) is 0 Å². The van der Waals surface area contributed by atoms with E-state index in [1.165, 1.54) is 12.3 Å². The molecule has 0 radical (unpaired) electrons. The van der Waals surface area contributed by atoms with Gasteiger partial charge >= 0.3 is 0 Å². The summed E-state index contributed by atoms with van der Waals surface area (Å²) in [6, 6.07) is 5.02. The summed E-state index contributed by atoms with van der Waals surface area (Å²) in [4.78, 5) is 8.09. The van der Waals surface area contributed by atoms with Crippen molar-refractivity contribution in [1.82, 2.24) is 9.97 Å². The first kappa shape index (κ1) is 8.28. The molecule has 0 aliphatic rings. The second-order valence-corrected chi connectivity index (χ2v) is 3.39. The summed E-state index contributed by atoms with van der Waals surface area (Å²) in [6.07, 6.45) is 2.91. The molecule has 0 N–H and O–H groups in total. The van der Waals surface area contributed by atoms with Gasteiger partial charge in [-0.25, -0.2) is 0 Å². The lowest BCUT2D eigenvalue weighted by Gasteiger charge is -2.04. The van der Waals surface area contributed by atoms with E-state index in [9.17, 15) is 8.76 Å². The van der Waals surface area contributed by atoms with Crippen molar-refractivity contribution in [2.24, 2.45) is 0 Å². The van der Waals surface area contributed by atoms with Crippen molar-refractivity contribution in [3.05, 3.63) is 30.6 Å². The van der Waals surface area contributed by atoms with E-state index in [1.807, 2.05) is 0 Å². The van der Waals surface area contributed by atoms with Crippen molar-refractivity contribution >= 4 is 22.1 Å². The smallest absolute Gasteiger partial charge is 0.0898 e. The average molecular weight is 193 g/mol. The zero-order valence-electron chi connectivity index (χ0n) is 6.51. The maximum Gasteiger partial charge on any atom is 0.0898 e. The average Bonchev–Trinajstić information content (AvgIpc) is 2.17. The zero-order chi connectivity index (χ0) is 9.26. The number of fused-ring (bicyclic) bond motifs is 1. The number of hydrogen-bond acceptors (Lipinski definition) is 4. The van der Waals surface area contributed by atoms with Crippen LogP contribution in [0.4, 0.5) is 0 Å². The highest BCUT2D eigenvalue weighted by molar-refractivity contribution is 7.79. The van der Waals surface area contributed by atoms with Gasteiger partial charge in [0, 0.05) is 17.3 Å². The zero-order valence-corrected chi connectivity index (χ0v) is 7.32. The van der Waals surface area contributed by atoms with Gasteiger partial charge < -0.3 is 4.55 Å². The molecular weight excluding hydrogens is 188 g/mol. The molecular formula is C8H5N2O2S-. The number of rotatable bonds is 1.